The molecule has 3 rings (SSSR count). The summed E-state index contributed by atoms with van der Waals surface area (Å²) >= 11 is 6.12. The number of aromatic nitrogens is 2. The smallest absolute Gasteiger partial charge is 0.308 e. The number of amides is 1. The van der Waals surface area contributed by atoms with Crippen molar-refractivity contribution in [2.45, 2.75) is 12.8 Å². The maximum atomic E-state index is 12.2. The molecule has 0 fully saturated rings. The van der Waals surface area contributed by atoms with Crippen molar-refractivity contribution < 1.29 is 18.7 Å². The Bertz CT molecular complexity index is 958. The van der Waals surface area contributed by atoms with Crippen molar-refractivity contribution in [2.75, 3.05) is 20.8 Å². The lowest BCUT2D eigenvalue weighted by Crippen LogP contribution is -2.26. The number of nitrogens with zero attached hydrogens (tertiary/aromatic N) is 2. The number of rotatable bonds is 8. The van der Waals surface area contributed by atoms with Crippen molar-refractivity contribution in [2.24, 2.45) is 0 Å². The Morgan fingerprint density at radius 3 is 2.64 bits per heavy atom. The summed E-state index contributed by atoms with van der Waals surface area (Å²) in [5.41, 5.74) is 1.86. The highest BCUT2D eigenvalue weighted by Crippen LogP contribution is 2.27. The number of halogens is 1. The van der Waals surface area contributed by atoms with Gasteiger partial charge in [-0.2, -0.15) is 0 Å². The molecule has 0 unspecified atom stereocenters. The fourth-order valence-electron chi connectivity index (χ4n) is 2.65. The van der Waals surface area contributed by atoms with E-state index < -0.39 is 5.91 Å². The van der Waals surface area contributed by atoms with Gasteiger partial charge in [0, 0.05) is 11.6 Å². The van der Waals surface area contributed by atoms with E-state index in [9.17, 15) is 4.79 Å². The minimum Gasteiger partial charge on any atom is -0.493 e. The highest BCUT2D eigenvalue weighted by Gasteiger charge is 2.15. The molecule has 3 aromatic rings. The van der Waals surface area contributed by atoms with E-state index in [0.29, 0.717) is 41.8 Å². The fourth-order valence-corrected chi connectivity index (χ4v) is 2.86. The van der Waals surface area contributed by atoms with Crippen molar-refractivity contribution in [1.82, 2.24) is 15.5 Å². The molecule has 146 valence electrons. The summed E-state index contributed by atoms with van der Waals surface area (Å²) in [6.45, 7) is 0.413. The summed E-state index contributed by atoms with van der Waals surface area (Å²) in [7, 11) is 3.17. The van der Waals surface area contributed by atoms with Crippen molar-refractivity contribution in [3.8, 4) is 11.5 Å². The third kappa shape index (κ3) is 4.80. The van der Waals surface area contributed by atoms with E-state index in [-0.39, 0.29) is 5.89 Å². The third-order valence-corrected chi connectivity index (χ3v) is 4.48. The van der Waals surface area contributed by atoms with Crippen LogP contribution in [0.3, 0.4) is 0 Å². The van der Waals surface area contributed by atoms with Crippen molar-refractivity contribution >= 4 is 17.5 Å². The molecule has 8 heteroatoms. The second kappa shape index (κ2) is 9.23. The molecule has 0 aliphatic rings. The lowest BCUT2D eigenvalue weighted by atomic mass is 10.1. The lowest BCUT2D eigenvalue weighted by molar-refractivity contribution is 0.0918. The molecule has 0 bridgehead atoms. The number of ether oxygens (including phenoxy) is 2. The van der Waals surface area contributed by atoms with Crippen LogP contribution in [0, 0.1) is 0 Å². The van der Waals surface area contributed by atoms with Gasteiger partial charge in [0.05, 0.1) is 20.6 Å². The van der Waals surface area contributed by atoms with Crippen molar-refractivity contribution in [3.63, 3.8) is 0 Å². The standard InChI is InChI=1S/C20H20ClN3O4/c1-26-16-8-7-13(11-17(16)27-2)9-10-22-19(25)20-24-23-18(28-20)12-14-5-3-4-6-15(14)21/h3-8,11H,9-10,12H2,1-2H3,(H,22,25). The van der Waals surface area contributed by atoms with Gasteiger partial charge in [0.15, 0.2) is 11.5 Å². The van der Waals surface area contributed by atoms with E-state index in [1.54, 1.807) is 20.3 Å². The fraction of sp³-hybridized carbons (Fsp3) is 0.250. The van der Waals surface area contributed by atoms with E-state index in [0.717, 1.165) is 11.1 Å². The van der Waals surface area contributed by atoms with Crippen LogP contribution in [0.4, 0.5) is 0 Å². The van der Waals surface area contributed by atoms with Gasteiger partial charge in [-0.25, -0.2) is 0 Å². The van der Waals surface area contributed by atoms with E-state index in [2.05, 4.69) is 15.5 Å². The molecule has 2 aromatic carbocycles. The number of benzene rings is 2. The minimum atomic E-state index is -0.418. The molecule has 1 aromatic heterocycles. The van der Waals surface area contributed by atoms with Gasteiger partial charge in [-0.15, -0.1) is 10.2 Å². The quantitative estimate of drug-likeness (QED) is 0.623. The molecule has 0 aliphatic heterocycles. The summed E-state index contributed by atoms with van der Waals surface area (Å²) < 4.78 is 15.9. The Kier molecular flexibility index (Phi) is 6.49. The molecule has 0 saturated carbocycles. The van der Waals surface area contributed by atoms with Gasteiger partial charge in [-0.3, -0.25) is 4.79 Å². The van der Waals surface area contributed by atoms with Crippen LogP contribution in [0.2, 0.25) is 5.02 Å². The summed E-state index contributed by atoms with van der Waals surface area (Å²) in [6, 6.07) is 13.0. The second-order valence-corrected chi connectivity index (χ2v) is 6.37. The van der Waals surface area contributed by atoms with Crippen LogP contribution in [0.25, 0.3) is 0 Å². The number of methoxy groups -OCH3 is 2. The zero-order chi connectivity index (χ0) is 19.9. The minimum absolute atomic E-state index is 0.0747. The van der Waals surface area contributed by atoms with Crippen LogP contribution < -0.4 is 14.8 Å². The molecule has 1 heterocycles. The summed E-state index contributed by atoms with van der Waals surface area (Å²) in [6.07, 6.45) is 0.984. The molecule has 0 radical (unpaired) electrons. The Hall–Kier alpha value is -3.06. The number of carbonyl (C=O) groups excluding carboxylic acids is 1. The van der Waals surface area contributed by atoms with E-state index >= 15 is 0 Å². The topological polar surface area (TPSA) is 86.5 Å². The number of hydrogen-bond donors (Lipinski definition) is 1. The number of nitrogens with one attached hydrogen (secondary N) is 1. The van der Waals surface area contributed by atoms with E-state index in [4.69, 9.17) is 25.5 Å². The van der Waals surface area contributed by atoms with E-state index in [1.807, 2.05) is 36.4 Å². The Morgan fingerprint density at radius 1 is 1.11 bits per heavy atom. The summed E-state index contributed by atoms with van der Waals surface area (Å²) in [5, 5.41) is 11.1. The highest BCUT2D eigenvalue weighted by molar-refractivity contribution is 6.31. The van der Waals surface area contributed by atoms with Gasteiger partial charge in [0.1, 0.15) is 0 Å². The first kappa shape index (κ1) is 19.7. The van der Waals surface area contributed by atoms with Gasteiger partial charge in [-0.05, 0) is 35.7 Å². The maximum Gasteiger partial charge on any atom is 0.308 e. The van der Waals surface area contributed by atoms with Crippen molar-refractivity contribution in [1.29, 1.82) is 0 Å². The van der Waals surface area contributed by atoms with Gasteiger partial charge in [-0.1, -0.05) is 35.9 Å². The molecule has 7 nitrogen and oxygen atoms in total. The van der Waals surface area contributed by atoms with Crippen LogP contribution in [0.15, 0.2) is 46.9 Å². The van der Waals surface area contributed by atoms with Gasteiger partial charge < -0.3 is 19.2 Å². The highest BCUT2D eigenvalue weighted by atomic mass is 35.5. The van der Waals surface area contributed by atoms with Crippen LogP contribution in [0.1, 0.15) is 27.7 Å². The van der Waals surface area contributed by atoms with Crippen LogP contribution in [-0.4, -0.2) is 36.9 Å². The van der Waals surface area contributed by atoms with Gasteiger partial charge >= 0.3 is 11.8 Å². The SMILES string of the molecule is COc1ccc(CCNC(=O)c2nnc(Cc3ccccc3Cl)o2)cc1OC. The molecule has 1 N–H and O–H groups in total. The first-order chi connectivity index (χ1) is 13.6. The number of hydrogen-bond acceptors (Lipinski definition) is 6. The normalized spacial score (nSPS) is 10.5. The van der Waals surface area contributed by atoms with Crippen molar-refractivity contribution in [3.05, 3.63) is 70.4 Å². The molecule has 1 amide bonds. The Labute approximate surface area is 167 Å². The molecule has 0 spiro atoms. The first-order valence-corrected chi connectivity index (χ1v) is 9.03. The Balaban J connectivity index is 1.54. The molecule has 0 aliphatic carbocycles. The van der Waals surface area contributed by atoms with E-state index in [1.165, 1.54) is 0 Å². The predicted octanol–water partition coefficient (Wildman–Crippen LogP) is 3.30. The van der Waals surface area contributed by atoms with Crippen LogP contribution >= 0.6 is 11.6 Å². The average Bonchev–Trinajstić information content (AvgIpc) is 3.18. The van der Waals surface area contributed by atoms with Crippen LogP contribution in [0.5, 0.6) is 11.5 Å². The summed E-state index contributed by atoms with van der Waals surface area (Å²) in [5.74, 6) is 1.14. The average molecular weight is 402 g/mol. The zero-order valence-corrected chi connectivity index (χ0v) is 16.3. The predicted molar refractivity (Wildman–Crippen MR) is 104 cm³/mol. The lowest BCUT2D eigenvalue weighted by Gasteiger charge is -2.09. The molecule has 28 heavy (non-hydrogen) atoms. The van der Waals surface area contributed by atoms with Crippen LogP contribution in [-0.2, 0) is 12.8 Å². The maximum absolute atomic E-state index is 12.2. The second-order valence-electron chi connectivity index (χ2n) is 5.96. The molecular formula is C20H20ClN3O4. The molecule has 0 atom stereocenters. The Morgan fingerprint density at radius 2 is 1.89 bits per heavy atom. The molecule has 0 saturated heterocycles. The van der Waals surface area contributed by atoms with Gasteiger partial charge in [0.2, 0.25) is 5.89 Å². The first-order valence-electron chi connectivity index (χ1n) is 8.65. The molecular weight excluding hydrogens is 382 g/mol. The number of carbonyl (C=O) groups is 1. The monoisotopic (exact) mass is 401 g/mol. The zero-order valence-electron chi connectivity index (χ0n) is 15.6. The summed E-state index contributed by atoms with van der Waals surface area (Å²) in [4.78, 5) is 12.2. The van der Waals surface area contributed by atoms with Gasteiger partial charge in [0.25, 0.3) is 0 Å². The largest absolute Gasteiger partial charge is 0.493 e. The third-order valence-electron chi connectivity index (χ3n) is 4.11.